The van der Waals surface area contributed by atoms with Crippen LogP contribution in [-0.2, 0) is 4.74 Å². The highest BCUT2D eigenvalue weighted by atomic mass is 16.5. The normalized spacial score (nSPS) is 15.5. The third kappa shape index (κ3) is 5.41. The van der Waals surface area contributed by atoms with E-state index in [9.17, 15) is 4.79 Å². The molecule has 2 rings (SSSR count). The first-order valence-corrected chi connectivity index (χ1v) is 8.04. The minimum Gasteiger partial charge on any atom is -0.497 e. The van der Waals surface area contributed by atoms with Gasteiger partial charge in [0, 0.05) is 44.1 Å². The quantitative estimate of drug-likeness (QED) is 0.873. The molecule has 0 aromatic heterocycles. The van der Waals surface area contributed by atoms with E-state index < -0.39 is 0 Å². The number of hydrogen-bond donors (Lipinski definition) is 1. The molecule has 1 aliphatic rings. The summed E-state index contributed by atoms with van der Waals surface area (Å²) in [7, 11) is 5.65. The molecule has 6 nitrogen and oxygen atoms in total. The van der Waals surface area contributed by atoms with E-state index in [4.69, 9.17) is 9.47 Å². The van der Waals surface area contributed by atoms with Crippen molar-refractivity contribution in [2.45, 2.75) is 18.9 Å². The predicted octanol–water partition coefficient (Wildman–Crippen LogP) is 2.27. The second-order valence-electron chi connectivity index (χ2n) is 6.00. The Morgan fingerprint density at radius 2 is 2.04 bits per heavy atom. The number of likely N-dealkylation sites (N-methyl/N-ethyl adjacent to an activating group) is 1. The molecule has 0 saturated carbocycles. The van der Waals surface area contributed by atoms with Gasteiger partial charge in [0.05, 0.1) is 7.11 Å². The maximum atomic E-state index is 12.7. The van der Waals surface area contributed by atoms with Gasteiger partial charge in [-0.1, -0.05) is 6.07 Å². The number of carbonyl (C=O) groups excluding carboxylic acids is 1. The molecule has 1 heterocycles. The van der Waals surface area contributed by atoms with Gasteiger partial charge in [-0.3, -0.25) is 0 Å². The Bertz CT molecular complexity index is 502. The summed E-state index contributed by atoms with van der Waals surface area (Å²) < 4.78 is 10.6. The number of methoxy groups -OCH3 is 1. The summed E-state index contributed by atoms with van der Waals surface area (Å²) in [6.45, 7) is 2.97. The first-order valence-electron chi connectivity index (χ1n) is 8.04. The molecule has 1 fully saturated rings. The lowest BCUT2D eigenvalue weighted by Crippen LogP contribution is -2.48. The number of benzene rings is 1. The molecule has 0 aliphatic carbocycles. The average molecular weight is 321 g/mol. The molecule has 6 heteroatoms. The highest BCUT2D eigenvalue weighted by Gasteiger charge is 2.25. The van der Waals surface area contributed by atoms with E-state index in [0.29, 0.717) is 6.54 Å². The van der Waals surface area contributed by atoms with Crippen molar-refractivity contribution in [1.82, 2.24) is 9.80 Å². The van der Waals surface area contributed by atoms with Gasteiger partial charge in [-0.15, -0.1) is 0 Å². The van der Waals surface area contributed by atoms with Crippen molar-refractivity contribution < 1.29 is 14.3 Å². The number of amides is 2. The van der Waals surface area contributed by atoms with E-state index in [1.165, 1.54) is 0 Å². The smallest absolute Gasteiger partial charge is 0.322 e. The fraction of sp³-hybridized carbons (Fsp3) is 0.588. The van der Waals surface area contributed by atoms with E-state index >= 15 is 0 Å². The van der Waals surface area contributed by atoms with Crippen LogP contribution in [0.3, 0.4) is 0 Å². The largest absolute Gasteiger partial charge is 0.497 e. The van der Waals surface area contributed by atoms with Crippen LogP contribution in [0.25, 0.3) is 0 Å². The molecule has 1 N–H and O–H groups in total. The summed E-state index contributed by atoms with van der Waals surface area (Å²) in [4.78, 5) is 16.8. The van der Waals surface area contributed by atoms with Crippen molar-refractivity contribution in [3.63, 3.8) is 0 Å². The second-order valence-corrected chi connectivity index (χ2v) is 6.00. The zero-order chi connectivity index (χ0) is 16.7. The molecule has 0 spiro atoms. The van der Waals surface area contributed by atoms with Crippen LogP contribution >= 0.6 is 0 Å². The number of carbonyl (C=O) groups is 1. The number of hydrogen-bond acceptors (Lipinski definition) is 4. The van der Waals surface area contributed by atoms with Crippen molar-refractivity contribution in [1.29, 1.82) is 0 Å². The number of nitrogens with zero attached hydrogens (tertiary/aromatic N) is 2. The third-order valence-electron chi connectivity index (χ3n) is 4.00. The minimum absolute atomic E-state index is 0.0630. The number of rotatable bonds is 6. The average Bonchev–Trinajstić information content (AvgIpc) is 2.56. The van der Waals surface area contributed by atoms with Crippen LogP contribution in [0, 0.1) is 0 Å². The van der Waals surface area contributed by atoms with Crippen LogP contribution in [0.5, 0.6) is 5.75 Å². The maximum absolute atomic E-state index is 12.7. The van der Waals surface area contributed by atoms with Crippen molar-refractivity contribution >= 4 is 11.7 Å². The Labute approximate surface area is 138 Å². The first kappa shape index (κ1) is 17.6. The van der Waals surface area contributed by atoms with Crippen LogP contribution < -0.4 is 10.1 Å². The van der Waals surface area contributed by atoms with Crippen molar-refractivity contribution in [2.24, 2.45) is 0 Å². The van der Waals surface area contributed by atoms with Gasteiger partial charge < -0.3 is 24.6 Å². The van der Waals surface area contributed by atoms with Crippen molar-refractivity contribution in [2.75, 3.05) is 52.8 Å². The van der Waals surface area contributed by atoms with Gasteiger partial charge in [0.2, 0.25) is 0 Å². The summed E-state index contributed by atoms with van der Waals surface area (Å²) in [5.74, 6) is 0.730. The van der Waals surface area contributed by atoms with Gasteiger partial charge in [0.25, 0.3) is 0 Å². The number of anilines is 1. The second kappa shape index (κ2) is 8.74. The Balaban J connectivity index is 2.04. The lowest BCUT2D eigenvalue weighted by molar-refractivity contribution is 0.0466. The molecule has 1 aliphatic heterocycles. The Morgan fingerprint density at radius 1 is 1.30 bits per heavy atom. The van der Waals surface area contributed by atoms with Crippen molar-refractivity contribution in [3.05, 3.63) is 24.3 Å². The van der Waals surface area contributed by atoms with E-state index in [-0.39, 0.29) is 12.1 Å². The first-order chi connectivity index (χ1) is 11.1. The highest BCUT2D eigenvalue weighted by Crippen LogP contribution is 2.19. The van der Waals surface area contributed by atoms with Crippen LogP contribution in [0.1, 0.15) is 12.8 Å². The monoisotopic (exact) mass is 321 g/mol. The highest BCUT2D eigenvalue weighted by molar-refractivity contribution is 5.89. The van der Waals surface area contributed by atoms with Crippen molar-refractivity contribution in [3.8, 4) is 5.75 Å². The fourth-order valence-electron chi connectivity index (χ4n) is 2.65. The van der Waals surface area contributed by atoms with E-state index in [1.54, 1.807) is 7.11 Å². The van der Waals surface area contributed by atoms with Gasteiger partial charge in [-0.2, -0.15) is 0 Å². The summed E-state index contributed by atoms with van der Waals surface area (Å²) in [5.41, 5.74) is 0.747. The number of urea groups is 1. The molecule has 128 valence electrons. The molecule has 0 bridgehead atoms. The van der Waals surface area contributed by atoms with Gasteiger partial charge in [0.15, 0.2) is 0 Å². The SMILES string of the molecule is COc1cccc(NC(=O)N(CCN(C)C)C2CCOCC2)c1. The molecule has 0 unspecified atom stereocenters. The van der Waals surface area contributed by atoms with Gasteiger partial charge in [-0.05, 0) is 39.1 Å². The molecule has 1 saturated heterocycles. The molecule has 2 amide bonds. The van der Waals surface area contributed by atoms with E-state index in [1.807, 2.05) is 43.3 Å². The van der Waals surface area contributed by atoms with Crippen LogP contribution in [0.2, 0.25) is 0 Å². The standard InChI is InChI=1S/C17H27N3O3/c1-19(2)9-10-20(15-7-11-23-12-8-15)17(21)18-14-5-4-6-16(13-14)22-3/h4-6,13,15H,7-12H2,1-3H3,(H,18,21). The summed E-state index contributed by atoms with van der Waals surface area (Å²) >= 11 is 0. The lowest BCUT2D eigenvalue weighted by atomic mass is 10.1. The van der Waals surface area contributed by atoms with Gasteiger partial charge in [0.1, 0.15) is 5.75 Å². The maximum Gasteiger partial charge on any atom is 0.322 e. The summed E-state index contributed by atoms with van der Waals surface area (Å²) in [6.07, 6.45) is 1.78. The fourth-order valence-corrected chi connectivity index (χ4v) is 2.65. The Morgan fingerprint density at radius 3 is 2.70 bits per heavy atom. The van der Waals surface area contributed by atoms with E-state index in [0.717, 1.165) is 44.0 Å². The zero-order valence-electron chi connectivity index (χ0n) is 14.2. The van der Waals surface area contributed by atoms with E-state index in [2.05, 4.69) is 10.2 Å². The van der Waals surface area contributed by atoms with Crippen LogP contribution in [0.4, 0.5) is 10.5 Å². The van der Waals surface area contributed by atoms with Crippen LogP contribution in [0.15, 0.2) is 24.3 Å². The minimum atomic E-state index is -0.0630. The molecule has 0 radical (unpaired) electrons. The zero-order valence-corrected chi connectivity index (χ0v) is 14.2. The lowest BCUT2D eigenvalue weighted by Gasteiger charge is -2.35. The summed E-state index contributed by atoms with van der Waals surface area (Å²) in [5, 5.41) is 2.99. The molecular formula is C17H27N3O3. The molecule has 23 heavy (non-hydrogen) atoms. The van der Waals surface area contributed by atoms with Gasteiger partial charge >= 0.3 is 6.03 Å². The number of nitrogens with one attached hydrogen (secondary N) is 1. The number of ether oxygens (including phenoxy) is 2. The third-order valence-corrected chi connectivity index (χ3v) is 4.00. The molecular weight excluding hydrogens is 294 g/mol. The summed E-state index contributed by atoms with van der Waals surface area (Å²) in [6, 6.07) is 7.59. The predicted molar refractivity (Wildman–Crippen MR) is 91.1 cm³/mol. The Kier molecular flexibility index (Phi) is 6.67. The topological polar surface area (TPSA) is 54.0 Å². The Hall–Kier alpha value is -1.79. The molecule has 1 aromatic rings. The molecule has 0 atom stereocenters. The van der Waals surface area contributed by atoms with Gasteiger partial charge in [-0.25, -0.2) is 4.79 Å². The molecule has 1 aromatic carbocycles. The van der Waals surface area contributed by atoms with Crippen LogP contribution in [-0.4, -0.2) is 69.4 Å².